The molecule has 16 heavy (non-hydrogen) atoms. The third kappa shape index (κ3) is 4.01. The standard InChI is InChI=1S/C12H24N2O2/c15-12(9-14-4-1-2-5-14)8-13-7-11-3-6-16-10-11/h11-13,15H,1-10H2. The van der Waals surface area contributed by atoms with E-state index in [4.69, 9.17) is 4.74 Å². The van der Waals surface area contributed by atoms with Crippen molar-refractivity contribution in [3.05, 3.63) is 0 Å². The Bertz CT molecular complexity index is 189. The van der Waals surface area contributed by atoms with E-state index in [2.05, 4.69) is 10.2 Å². The minimum atomic E-state index is -0.222. The van der Waals surface area contributed by atoms with Crippen molar-refractivity contribution in [3.63, 3.8) is 0 Å². The van der Waals surface area contributed by atoms with Gasteiger partial charge in [-0.3, -0.25) is 0 Å². The average molecular weight is 228 g/mol. The Labute approximate surface area is 98.0 Å². The van der Waals surface area contributed by atoms with E-state index < -0.39 is 0 Å². The monoisotopic (exact) mass is 228 g/mol. The maximum absolute atomic E-state index is 9.85. The minimum absolute atomic E-state index is 0.222. The zero-order valence-electron chi connectivity index (χ0n) is 10.0. The lowest BCUT2D eigenvalue weighted by Crippen LogP contribution is -2.38. The van der Waals surface area contributed by atoms with Crippen LogP contribution in [-0.4, -0.2) is 62.0 Å². The van der Waals surface area contributed by atoms with E-state index in [1.54, 1.807) is 0 Å². The molecule has 0 bridgehead atoms. The number of ether oxygens (including phenoxy) is 1. The number of aliphatic hydroxyl groups is 1. The van der Waals surface area contributed by atoms with Gasteiger partial charge in [0.15, 0.2) is 0 Å². The molecule has 2 aliphatic heterocycles. The molecule has 4 heteroatoms. The molecule has 0 amide bonds. The molecular weight excluding hydrogens is 204 g/mol. The van der Waals surface area contributed by atoms with Gasteiger partial charge >= 0.3 is 0 Å². The molecule has 0 aromatic carbocycles. The molecule has 2 heterocycles. The molecule has 0 saturated carbocycles. The Morgan fingerprint density at radius 1 is 1.38 bits per heavy atom. The van der Waals surface area contributed by atoms with Gasteiger partial charge in [-0.25, -0.2) is 0 Å². The van der Waals surface area contributed by atoms with Crippen molar-refractivity contribution in [2.45, 2.75) is 25.4 Å². The molecule has 2 aliphatic rings. The number of nitrogens with zero attached hydrogens (tertiary/aromatic N) is 1. The predicted octanol–water partition coefficient (Wildman–Crippen LogP) is 0.0692. The second-order valence-electron chi connectivity index (χ2n) is 5.05. The number of aliphatic hydroxyl groups excluding tert-OH is 1. The molecule has 0 aromatic heterocycles. The van der Waals surface area contributed by atoms with Crippen LogP contribution in [0.3, 0.4) is 0 Å². The fraction of sp³-hybridized carbons (Fsp3) is 1.00. The molecule has 2 unspecified atom stereocenters. The zero-order chi connectivity index (χ0) is 11.2. The molecule has 94 valence electrons. The molecule has 0 spiro atoms. The maximum Gasteiger partial charge on any atom is 0.0791 e. The molecule has 2 saturated heterocycles. The highest BCUT2D eigenvalue weighted by molar-refractivity contribution is 4.73. The van der Waals surface area contributed by atoms with Crippen LogP contribution in [0.5, 0.6) is 0 Å². The highest BCUT2D eigenvalue weighted by Gasteiger charge is 2.17. The summed E-state index contributed by atoms with van der Waals surface area (Å²) in [5.41, 5.74) is 0. The smallest absolute Gasteiger partial charge is 0.0791 e. The molecule has 2 N–H and O–H groups in total. The van der Waals surface area contributed by atoms with Crippen molar-refractivity contribution < 1.29 is 9.84 Å². The number of rotatable bonds is 6. The van der Waals surface area contributed by atoms with Crippen molar-refractivity contribution in [1.29, 1.82) is 0 Å². The Balaban J connectivity index is 1.51. The van der Waals surface area contributed by atoms with E-state index in [-0.39, 0.29) is 6.10 Å². The summed E-state index contributed by atoms with van der Waals surface area (Å²) in [5, 5.41) is 13.2. The third-order valence-corrected chi connectivity index (χ3v) is 3.50. The van der Waals surface area contributed by atoms with Crippen molar-refractivity contribution >= 4 is 0 Å². The molecule has 4 nitrogen and oxygen atoms in total. The largest absolute Gasteiger partial charge is 0.390 e. The van der Waals surface area contributed by atoms with Crippen LogP contribution in [0.15, 0.2) is 0 Å². The van der Waals surface area contributed by atoms with Gasteiger partial charge in [-0.2, -0.15) is 0 Å². The van der Waals surface area contributed by atoms with E-state index in [9.17, 15) is 5.11 Å². The Morgan fingerprint density at radius 2 is 2.19 bits per heavy atom. The van der Waals surface area contributed by atoms with E-state index in [0.29, 0.717) is 12.5 Å². The predicted molar refractivity (Wildman–Crippen MR) is 63.5 cm³/mol. The van der Waals surface area contributed by atoms with Gasteiger partial charge in [-0.15, -0.1) is 0 Å². The zero-order valence-corrected chi connectivity index (χ0v) is 10.0. The van der Waals surface area contributed by atoms with Gasteiger partial charge in [0, 0.05) is 26.2 Å². The van der Waals surface area contributed by atoms with E-state index in [1.807, 2.05) is 0 Å². The maximum atomic E-state index is 9.85. The normalized spacial score (nSPS) is 28.7. The van der Waals surface area contributed by atoms with Crippen LogP contribution < -0.4 is 5.32 Å². The van der Waals surface area contributed by atoms with Gasteiger partial charge in [-0.05, 0) is 38.3 Å². The highest BCUT2D eigenvalue weighted by atomic mass is 16.5. The molecule has 0 radical (unpaired) electrons. The van der Waals surface area contributed by atoms with Gasteiger partial charge < -0.3 is 20.1 Å². The van der Waals surface area contributed by atoms with E-state index in [1.165, 1.54) is 12.8 Å². The summed E-state index contributed by atoms with van der Waals surface area (Å²) in [4.78, 5) is 2.35. The van der Waals surface area contributed by atoms with Gasteiger partial charge in [-0.1, -0.05) is 0 Å². The molecule has 0 aromatic rings. The van der Waals surface area contributed by atoms with Crippen molar-refractivity contribution in [2.24, 2.45) is 5.92 Å². The van der Waals surface area contributed by atoms with Crippen molar-refractivity contribution in [3.8, 4) is 0 Å². The summed E-state index contributed by atoms with van der Waals surface area (Å²) in [6, 6.07) is 0. The van der Waals surface area contributed by atoms with Gasteiger partial charge in [0.2, 0.25) is 0 Å². The fourth-order valence-corrected chi connectivity index (χ4v) is 2.53. The highest BCUT2D eigenvalue weighted by Crippen LogP contribution is 2.10. The van der Waals surface area contributed by atoms with Gasteiger partial charge in [0.05, 0.1) is 12.7 Å². The lowest BCUT2D eigenvalue weighted by Gasteiger charge is -2.20. The Hall–Kier alpha value is -0.160. The third-order valence-electron chi connectivity index (χ3n) is 3.50. The molecule has 2 rings (SSSR count). The second-order valence-corrected chi connectivity index (χ2v) is 5.05. The Kier molecular flexibility index (Phi) is 5.03. The number of hydrogen-bond donors (Lipinski definition) is 2. The van der Waals surface area contributed by atoms with Crippen molar-refractivity contribution in [2.75, 3.05) is 45.9 Å². The molecule has 2 atom stereocenters. The van der Waals surface area contributed by atoms with Crippen LogP contribution in [0.2, 0.25) is 0 Å². The number of nitrogens with one attached hydrogen (secondary N) is 1. The summed E-state index contributed by atoms with van der Waals surface area (Å²) < 4.78 is 5.31. The number of likely N-dealkylation sites (tertiary alicyclic amines) is 1. The number of hydrogen-bond acceptors (Lipinski definition) is 4. The summed E-state index contributed by atoms with van der Waals surface area (Å²) in [6.45, 7) is 6.64. The van der Waals surface area contributed by atoms with E-state index >= 15 is 0 Å². The molecule has 2 fully saturated rings. The van der Waals surface area contributed by atoms with Crippen LogP contribution in [0.1, 0.15) is 19.3 Å². The van der Waals surface area contributed by atoms with Crippen LogP contribution >= 0.6 is 0 Å². The minimum Gasteiger partial charge on any atom is -0.390 e. The van der Waals surface area contributed by atoms with Gasteiger partial charge in [0.1, 0.15) is 0 Å². The molecular formula is C12H24N2O2. The quantitative estimate of drug-likeness (QED) is 0.675. The lowest BCUT2D eigenvalue weighted by molar-refractivity contribution is 0.121. The van der Waals surface area contributed by atoms with E-state index in [0.717, 1.165) is 45.8 Å². The fourth-order valence-electron chi connectivity index (χ4n) is 2.53. The first-order valence-corrected chi connectivity index (χ1v) is 6.53. The molecule has 0 aliphatic carbocycles. The summed E-state index contributed by atoms with van der Waals surface area (Å²) >= 11 is 0. The first kappa shape index (κ1) is 12.3. The second kappa shape index (κ2) is 6.55. The van der Waals surface area contributed by atoms with Crippen LogP contribution in [0.4, 0.5) is 0 Å². The first-order valence-electron chi connectivity index (χ1n) is 6.53. The Morgan fingerprint density at radius 3 is 2.88 bits per heavy atom. The topological polar surface area (TPSA) is 44.7 Å². The summed E-state index contributed by atoms with van der Waals surface area (Å²) in [7, 11) is 0. The summed E-state index contributed by atoms with van der Waals surface area (Å²) in [5.74, 6) is 0.652. The van der Waals surface area contributed by atoms with Crippen LogP contribution in [0, 0.1) is 5.92 Å². The van der Waals surface area contributed by atoms with Crippen LogP contribution in [-0.2, 0) is 4.74 Å². The lowest BCUT2D eigenvalue weighted by atomic mass is 10.1. The number of β-amino-alcohol motifs (C(OH)–C–C–N with tert-alkyl or cyclic N) is 1. The van der Waals surface area contributed by atoms with Crippen molar-refractivity contribution in [1.82, 2.24) is 10.2 Å². The first-order chi connectivity index (χ1) is 7.84. The summed E-state index contributed by atoms with van der Waals surface area (Å²) in [6.07, 6.45) is 3.52. The SMILES string of the molecule is OC(CNCC1CCOC1)CN1CCCC1. The average Bonchev–Trinajstić information content (AvgIpc) is 2.90. The van der Waals surface area contributed by atoms with Crippen LogP contribution in [0.25, 0.3) is 0 Å². The van der Waals surface area contributed by atoms with Gasteiger partial charge in [0.25, 0.3) is 0 Å².